The van der Waals surface area contributed by atoms with Crippen molar-refractivity contribution in [3.8, 4) is 33.8 Å². The molecule has 0 aliphatic carbocycles. The summed E-state index contributed by atoms with van der Waals surface area (Å²) in [6.45, 7) is 2.29. The fourth-order valence-corrected chi connectivity index (χ4v) is 4.27. The van der Waals surface area contributed by atoms with Crippen LogP contribution in [0.4, 0.5) is 0 Å². The Kier molecular flexibility index (Phi) is 5.22. The van der Waals surface area contributed by atoms with Crippen LogP contribution >= 0.6 is 0 Å². The predicted molar refractivity (Wildman–Crippen MR) is 124 cm³/mol. The molecule has 8 heteroatoms. The SMILES string of the molecule is CCc1c(-c2cncc(C(O)C(=O)N(C)C)c2)cnc2[nH]cc(-c3cccc4c3OCO4)c12. The smallest absolute Gasteiger partial charge is 0.255 e. The van der Waals surface area contributed by atoms with Crippen molar-refractivity contribution in [3.05, 3.63) is 60.2 Å². The molecule has 0 bridgehead atoms. The summed E-state index contributed by atoms with van der Waals surface area (Å²) in [5, 5.41) is 11.5. The number of rotatable bonds is 5. The number of nitrogens with one attached hydrogen (secondary N) is 1. The van der Waals surface area contributed by atoms with E-state index in [0.717, 1.165) is 56.8 Å². The van der Waals surface area contributed by atoms with Crippen LogP contribution in [0.1, 0.15) is 24.2 Å². The molecule has 4 aromatic rings. The van der Waals surface area contributed by atoms with Crippen LogP contribution in [0, 0.1) is 0 Å². The van der Waals surface area contributed by atoms with Crippen molar-refractivity contribution < 1.29 is 19.4 Å². The van der Waals surface area contributed by atoms with Gasteiger partial charge in [0.05, 0.1) is 0 Å². The molecule has 1 aromatic carbocycles. The number of para-hydroxylation sites is 1. The van der Waals surface area contributed by atoms with Gasteiger partial charge in [-0.15, -0.1) is 0 Å². The van der Waals surface area contributed by atoms with Crippen molar-refractivity contribution in [3.63, 3.8) is 0 Å². The van der Waals surface area contributed by atoms with Gasteiger partial charge in [0.15, 0.2) is 17.6 Å². The van der Waals surface area contributed by atoms with Crippen LogP contribution in [0.3, 0.4) is 0 Å². The number of benzene rings is 1. The number of H-pyrrole nitrogens is 1. The third kappa shape index (κ3) is 3.48. The van der Waals surface area contributed by atoms with E-state index in [2.05, 4.69) is 21.9 Å². The molecule has 168 valence electrons. The number of ether oxygens (including phenoxy) is 2. The number of likely N-dealkylation sites (N-methyl/N-ethyl adjacent to an activating group) is 1. The number of pyridine rings is 2. The Morgan fingerprint density at radius 1 is 1.18 bits per heavy atom. The zero-order valence-electron chi connectivity index (χ0n) is 18.6. The molecule has 0 saturated heterocycles. The first kappa shape index (κ1) is 21.0. The minimum absolute atomic E-state index is 0.200. The van der Waals surface area contributed by atoms with E-state index in [9.17, 15) is 9.90 Å². The number of hydrogen-bond acceptors (Lipinski definition) is 6. The van der Waals surface area contributed by atoms with Crippen molar-refractivity contribution in [2.45, 2.75) is 19.4 Å². The topological polar surface area (TPSA) is 101 Å². The Labute approximate surface area is 190 Å². The predicted octanol–water partition coefficient (Wildman–Crippen LogP) is 3.70. The van der Waals surface area contributed by atoms with Crippen molar-refractivity contribution in [2.75, 3.05) is 20.9 Å². The van der Waals surface area contributed by atoms with E-state index in [1.165, 1.54) is 11.1 Å². The van der Waals surface area contributed by atoms with E-state index in [0.29, 0.717) is 5.56 Å². The molecular formula is C25H24N4O4. The second-order valence-electron chi connectivity index (χ2n) is 8.11. The number of aromatic amines is 1. The summed E-state index contributed by atoms with van der Waals surface area (Å²) in [4.78, 5) is 25.8. The van der Waals surface area contributed by atoms with Gasteiger partial charge in [0.2, 0.25) is 6.79 Å². The zero-order chi connectivity index (χ0) is 23.1. The summed E-state index contributed by atoms with van der Waals surface area (Å²) < 4.78 is 11.3. The van der Waals surface area contributed by atoms with Gasteiger partial charge in [-0.25, -0.2) is 4.98 Å². The molecule has 1 aliphatic heterocycles. The molecule has 1 amide bonds. The minimum atomic E-state index is -1.28. The highest BCUT2D eigenvalue weighted by atomic mass is 16.7. The van der Waals surface area contributed by atoms with E-state index in [4.69, 9.17) is 9.47 Å². The molecule has 0 saturated carbocycles. The fraction of sp³-hybridized carbons (Fsp3) is 0.240. The second kappa shape index (κ2) is 8.22. The molecular weight excluding hydrogens is 420 g/mol. The fourth-order valence-electron chi connectivity index (χ4n) is 4.27. The molecule has 1 unspecified atom stereocenters. The van der Waals surface area contributed by atoms with Gasteiger partial charge in [-0.1, -0.05) is 19.1 Å². The van der Waals surface area contributed by atoms with E-state index < -0.39 is 12.0 Å². The molecule has 3 aromatic heterocycles. The van der Waals surface area contributed by atoms with Crippen LogP contribution in [0.5, 0.6) is 11.5 Å². The van der Waals surface area contributed by atoms with Crippen LogP contribution in [0.2, 0.25) is 0 Å². The van der Waals surface area contributed by atoms with Gasteiger partial charge in [0.1, 0.15) is 5.65 Å². The summed E-state index contributed by atoms with van der Waals surface area (Å²) >= 11 is 0. The largest absolute Gasteiger partial charge is 0.454 e. The van der Waals surface area contributed by atoms with Crippen LogP contribution in [-0.2, 0) is 11.2 Å². The summed E-state index contributed by atoms with van der Waals surface area (Å²) in [7, 11) is 3.22. The van der Waals surface area contributed by atoms with Crippen molar-refractivity contribution in [1.29, 1.82) is 0 Å². The van der Waals surface area contributed by atoms with Gasteiger partial charge < -0.3 is 24.5 Å². The van der Waals surface area contributed by atoms with E-state index in [1.54, 1.807) is 32.6 Å². The Morgan fingerprint density at radius 2 is 2.03 bits per heavy atom. The minimum Gasteiger partial charge on any atom is -0.454 e. The molecule has 0 radical (unpaired) electrons. The number of aryl methyl sites for hydroxylation is 1. The van der Waals surface area contributed by atoms with Gasteiger partial charge in [-0.3, -0.25) is 9.78 Å². The lowest BCUT2D eigenvalue weighted by Crippen LogP contribution is -2.28. The van der Waals surface area contributed by atoms with E-state index >= 15 is 0 Å². The summed E-state index contributed by atoms with van der Waals surface area (Å²) in [6.07, 6.45) is 6.45. The lowest BCUT2D eigenvalue weighted by Gasteiger charge is -2.17. The summed E-state index contributed by atoms with van der Waals surface area (Å²) in [6, 6.07) is 7.64. The molecule has 1 aliphatic rings. The van der Waals surface area contributed by atoms with Crippen LogP contribution in [0.15, 0.2) is 49.1 Å². The van der Waals surface area contributed by atoms with Crippen molar-refractivity contribution in [1.82, 2.24) is 19.9 Å². The Hall–Kier alpha value is -3.91. The lowest BCUT2D eigenvalue weighted by molar-refractivity contribution is -0.137. The average Bonchev–Trinajstić information content (AvgIpc) is 3.49. The number of aliphatic hydroxyl groups is 1. The van der Waals surface area contributed by atoms with E-state index in [-0.39, 0.29) is 6.79 Å². The quantitative estimate of drug-likeness (QED) is 0.487. The van der Waals surface area contributed by atoms with Gasteiger partial charge in [0, 0.05) is 72.1 Å². The number of hydrogen-bond donors (Lipinski definition) is 2. The molecule has 1 atom stereocenters. The maximum atomic E-state index is 12.3. The van der Waals surface area contributed by atoms with Gasteiger partial charge in [-0.05, 0) is 24.1 Å². The van der Waals surface area contributed by atoms with Crippen molar-refractivity contribution >= 4 is 16.9 Å². The summed E-state index contributed by atoms with van der Waals surface area (Å²) in [5.74, 6) is 1.05. The first-order valence-corrected chi connectivity index (χ1v) is 10.7. The Balaban J connectivity index is 1.66. The molecule has 4 heterocycles. The third-order valence-corrected chi connectivity index (χ3v) is 5.91. The first-order chi connectivity index (χ1) is 16.0. The highest BCUT2D eigenvalue weighted by molar-refractivity contribution is 6.01. The van der Waals surface area contributed by atoms with Gasteiger partial charge in [-0.2, -0.15) is 0 Å². The highest BCUT2D eigenvalue weighted by Gasteiger charge is 2.24. The van der Waals surface area contributed by atoms with E-state index in [1.807, 2.05) is 24.4 Å². The number of carbonyl (C=O) groups is 1. The molecule has 2 N–H and O–H groups in total. The number of aliphatic hydroxyl groups excluding tert-OH is 1. The Morgan fingerprint density at radius 3 is 2.82 bits per heavy atom. The molecule has 5 rings (SSSR count). The Bertz CT molecular complexity index is 1360. The normalized spacial score (nSPS) is 13.3. The number of fused-ring (bicyclic) bond motifs is 2. The van der Waals surface area contributed by atoms with Crippen LogP contribution < -0.4 is 9.47 Å². The number of nitrogens with zero attached hydrogens (tertiary/aromatic N) is 3. The van der Waals surface area contributed by atoms with Crippen LogP contribution in [0.25, 0.3) is 33.3 Å². The highest BCUT2D eigenvalue weighted by Crippen LogP contribution is 2.44. The first-order valence-electron chi connectivity index (χ1n) is 10.7. The number of amides is 1. The molecule has 8 nitrogen and oxygen atoms in total. The average molecular weight is 444 g/mol. The third-order valence-electron chi connectivity index (χ3n) is 5.91. The van der Waals surface area contributed by atoms with Crippen LogP contribution in [-0.4, -0.2) is 51.8 Å². The molecule has 33 heavy (non-hydrogen) atoms. The maximum Gasteiger partial charge on any atom is 0.255 e. The summed E-state index contributed by atoms with van der Waals surface area (Å²) in [5.41, 5.74) is 5.89. The second-order valence-corrected chi connectivity index (χ2v) is 8.11. The van der Waals surface area contributed by atoms with Gasteiger partial charge in [0.25, 0.3) is 5.91 Å². The molecule has 0 spiro atoms. The molecule has 0 fully saturated rings. The van der Waals surface area contributed by atoms with Gasteiger partial charge >= 0.3 is 0 Å². The van der Waals surface area contributed by atoms with Crippen molar-refractivity contribution in [2.24, 2.45) is 0 Å². The number of carbonyl (C=O) groups excluding carboxylic acids is 1. The standard InChI is InChI=1S/C25H24N4O4/c1-4-16-18(14-8-15(10-26-9-14)22(30)25(31)29(2)3)11-27-24-21(16)19(12-28-24)17-6-5-7-20-23(17)33-13-32-20/h5-12,22,30H,4,13H2,1-3H3,(H,27,28). The lowest BCUT2D eigenvalue weighted by atomic mass is 9.93. The monoisotopic (exact) mass is 444 g/mol. The zero-order valence-corrected chi connectivity index (χ0v) is 18.6. The maximum absolute atomic E-state index is 12.3. The number of aromatic nitrogens is 3.